The zero-order chi connectivity index (χ0) is 13.8. The number of phenols is 1. The van der Waals surface area contributed by atoms with Crippen LogP contribution in [0.3, 0.4) is 0 Å². The number of benzene rings is 1. The van der Waals surface area contributed by atoms with E-state index in [9.17, 15) is 9.90 Å². The van der Waals surface area contributed by atoms with Gasteiger partial charge in [0.1, 0.15) is 5.75 Å². The maximum Gasteiger partial charge on any atom is 0.239 e. The number of phenolic OH excluding ortho intramolecular Hbond substituents is 1. The number of carbonyl (C=O) groups excluding carboxylic acids is 1. The fraction of sp³-hybridized carbons (Fsp3) is 0.500. The molecule has 1 amide bonds. The van der Waals surface area contributed by atoms with Crippen molar-refractivity contribution in [2.24, 2.45) is 5.73 Å². The molecule has 0 saturated carbocycles. The molecular weight excluding hydrogens is 260 g/mol. The molecule has 0 aliphatic carbocycles. The highest BCUT2D eigenvalue weighted by Gasteiger charge is 2.25. The van der Waals surface area contributed by atoms with Crippen LogP contribution in [0.25, 0.3) is 0 Å². The van der Waals surface area contributed by atoms with E-state index in [0.717, 1.165) is 24.4 Å². The van der Waals surface area contributed by atoms with Crippen molar-refractivity contribution >= 4 is 17.7 Å². The molecule has 0 bridgehead atoms. The lowest BCUT2D eigenvalue weighted by Crippen LogP contribution is -2.49. The Morgan fingerprint density at radius 3 is 2.84 bits per heavy atom. The Labute approximate surface area is 118 Å². The fourth-order valence-electron chi connectivity index (χ4n) is 2.23. The third-order valence-corrected chi connectivity index (χ3v) is 4.40. The summed E-state index contributed by atoms with van der Waals surface area (Å²) < 4.78 is 0. The van der Waals surface area contributed by atoms with Crippen LogP contribution in [0.2, 0.25) is 0 Å². The molecule has 1 saturated heterocycles. The topological polar surface area (TPSA) is 66.6 Å². The van der Waals surface area contributed by atoms with Gasteiger partial charge in [-0.1, -0.05) is 19.1 Å². The monoisotopic (exact) mass is 280 g/mol. The molecule has 1 aliphatic rings. The van der Waals surface area contributed by atoms with Gasteiger partial charge in [-0.25, -0.2) is 0 Å². The van der Waals surface area contributed by atoms with Crippen LogP contribution >= 0.6 is 11.8 Å². The highest BCUT2D eigenvalue weighted by Crippen LogP contribution is 2.19. The summed E-state index contributed by atoms with van der Waals surface area (Å²) in [5, 5.41) is 9.71. The molecule has 19 heavy (non-hydrogen) atoms. The van der Waals surface area contributed by atoms with E-state index in [1.54, 1.807) is 24.3 Å². The minimum absolute atomic E-state index is 0.0280. The van der Waals surface area contributed by atoms with Gasteiger partial charge in [-0.15, -0.1) is 0 Å². The molecule has 104 valence electrons. The van der Waals surface area contributed by atoms with Crippen molar-refractivity contribution in [2.45, 2.75) is 24.6 Å². The van der Waals surface area contributed by atoms with Gasteiger partial charge in [0.15, 0.2) is 0 Å². The molecule has 1 aliphatic heterocycles. The van der Waals surface area contributed by atoms with E-state index in [0.29, 0.717) is 11.7 Å². The predicted octanol–water partition coefficient (Wildman–Crippen LogP) is 1.23. The molecule has 2 rings (SSSR count). The Hall–Kier alpha value is -1.20. The third kappa shape index (κ3) is 3.88. The summed E-state index contributed by atoms with van der Waals surface area (Å²) in [6, 6.07) is 6.34. The number of amides is 1. The van der Waals surface area contributed by atoms with E-state index in [2.05, 4.69) is 6.92 Å². The molecule has 1 aromatic carbocycles. The van der Waals surface area contributed by atoms with Crippen LogP contribution < -0.4 is 5.73 Å². The van der Waals surface area contributed by atoms with Gasteiger partial charge in [0.2, 0.25) is 5.91 Å². The van der Waals surface area contributed by atoms with E-state index >= 15 is 0 Å². The number of thioether (sulfide) groups is 1. The smallest absolute Gasteiger partial charge is 0.239 e. The summed E-state index contributed by atoms with van der Waals surface area (Å²) in [6.07, 6.45) is 0.511. The molecule has 4 nitrogen and oxygen atoms in total. The van der Waals surface area contributed by atoms with Crippen LogP contribution in [0.4, 0.5) is 0 Å². The lowest BCUT2D eigenvalue weighted by Gasteiger charge is -2.32. The molecule has 0 radical (unpaired) electrons. The maximum absolute atomic E-state index is 12.3. The van der Waals surface area contributed by atoms with Crippen LogP contribution in [0, 0.1) is 0 Å². The van der Waals surface area contributed by atoms with Crippen LogP contribution in [0.1, 0.15) is 12.5 Å². The predicted molar refractivity (Wildman–Crippen MR) is 78.3 cm³/mol. The maximum atomic E-state index is 12.3. The van der Waals surface area contributed by atoms with Crippen molar-refractivity contribution in [3.05, 3.63) is 29.8 Å². The van der Waals surface area contributed by atoms with E-state index in [1.165, 1.54) is 0 Å². The van der Waals surface area contributed by atoms with Crippen molar-refractivity contribution in [1.82, 2.24) is 4.90 Å². The second-order valence-corrected chi connectivity index (χ2v) is 6.49. The molecule has 3 N–H and O–H groups in total. The summed E-state index contributed by atoms with van der Waals surface area (Å²) in [6.45, 7) is 3.71. The number of rotatable bonds is 3. The Kier molecular flexibility index (Phi) is 4.71. The summed E-state index contributed by atoms with van der Waals surface area (Å²) in [7, 11) is 0. The summed E-state index contributed by atoms with van der Waals surface area (Å²) in [5.41, 5.74) is 6.97. The third-order valence-electron chi connectivity index (χ3n) is 3.26. The minimum atomic E-state index is -0.500. The van der Waals surface area contributed by atoms with Gasteiger partial charge in [-0.2, -0.15) is 11.8 Å². The Morgan fingerprint density at radius 1 is 1.53 bits per heavy atom. The SMILES string of the molecule is CC1CN(C(=O)C(N)Cc2ccc(O)cc2)CCS1. The molecule has 0 spiro atoms. The van der Waals surface area contributed by atoms with Crippen LogP contribution in [0.15, 0.2) is 24.3 Å². The average Bonchev–Trinajstić information content (AvgIpc) is 2.40. The highest BCUT2D eigenvalue weighted by atomic mass is 32.2. The largest absolute Gasteiger partial charge is 0.508 e. The first kappa shape index (κ1) is 14.2. The Balaban J connectivity index is 1.93. The zero-order valence-corrected chi connectivity index (χ0v) is 11.9. The van der Waals surface area contributed by atoms with E-state index in [4.69, 9.17) is 5.73 Å². The van der Waals surface area contributed by atoms with Gasteiger partial charge in [0.25, 0.3) is 0 Å². The summed E-state index contributed by atoms with van der Waals surface area (Å²) >= 11 is 1.89. The lowest BCUT2D eigenvalue weighted by atomic mass is 10.1. The second kappa shape index (κ2) is 6.30. The van der Waals surface area contributed by atoms with Crippen molar-refractivity contribution in [3.8, 4) is 5.75 Å². The molecule has 1 fully saturated rings. The molecule has 2 atom stereocenters. The minimum Gasteiger partial charge on any atom is -0.508 e. The fourth-order valence-corrected chi connectivity index (χ4v) is 3.24. The van der Waals surface area contributed by atoms with E-state index in [1.807, 2.05) is 16.7 Å². The van der Waals surface area contributed by atoms with Crippen molar-refractivity contribution in [3.63, 3.8) is 0 Å². The molecule has 5 heteroatoms. The first-order chi connectivity index (χ1) is 9.06. The number of hydrogen-bond donors (Lipinski definition) is 2. The number of aromatic hydroxyl groups is 1. The molecule has 0 aromatic heterocycles. The molecular formula is C14H20N2O2S. The second-order valence-electron chi connectivity index (χ2n) is 4.94. The average molecular weight is 280 g/mol. The summed E-state index contributed by atoms with van der Waals surface area (Å²) in [5.74, 6) is 1.24. The first-order valence-electron chi connectivity index (χ1n) is 6.50. The van der Waals surface area contributed by atoms with Crippen molar-refractivity contribution in [1.29, 1.82) is 0 Å². The van der Waals surface area contributed by atoms with E-state index in [-0.39, 0.29) is 11.7 Å². The van der Waals surface area contributed by atoms with Gasteiger partial charge in [-0.3, -0.25) is 4.79 Å². The zero-order valence-electron chi connectivity index (χ0n) is 11.1. The first-order valence-corrected chi connectivity index (χ1v) is 7.55. The molecule has 1 heterocycles. The molecule has 1 aromatic rings. The Morgan fingerprint density at radius 2 is 2.21 bits per heavy atom. The number of hydrogen-bond acceptors (Lipinski definition) is 4. The lowest BCUT2D eigenvalue weighted by molar-refractivity contribution is -0.132. The standard InChI is InChI=1S/C14H20N2O2S/c1-10-9-16(6-7-19-10)14(18)13(15)8-11-2-4-12(17)5-3-11/h2-5,10,13,17H,6-9,15H2,1H3. The number of nitrogens with zero attached hydrogens (tertiary/aromatic N) is 1. The number of nitrogens with two attached hydrogens (primary N) is 1. The quantitative estimate of drug-likeness (QED) is 0.874. The van der Waals surface area contributed by atoms with Crippen LogP contribution in [0.5, 0.6) is 5.75 Å². The highest BCUT2D eigenvalue weighted by molar-refractivity contribution is 7.99. The van der Waals surface area contributed by atoms with Gasteiger partial charge >= 0.3 is 0 Å². The van der Waals surface area contributed by atoms with Crippen molar-refractivity contribution in [2.75, 3.05) is 18.8 Å². The van der Waals surface area contributed by atoms with Gasteiger partial charge in [-0.05, 0) is 24.1 Å². The van der Waals surface area contributed by atoms with Gasteiger partial charge in [0.05, 0.1) is 6.04 Å². The van der Waals surface area contributed by atoms with Crippen molar-refractivity contribution < 1.29 is 9.90 Å². The van der Waals surface area contributed by atoms with E-state index < -0.39 is 6.04 Å². The summed E-state index contributed by atoms with van der Waals surface area (Å²) in [4.78, 5) is 14.1. The van der Waals surface area contributed by atoms with Crippen LogP contribution in [-0.4, -0.2) is 46.0 Å². The van der Waals surface area contributed by atoms with Gasteiger partial charge in [0, 0.05) is 24.1 Å². The normalized spacial score (nSPS) is 21.2. The van der Waals surface area contributed by atoms with Crippen LogP contribution in [-0.2, 0) is 11.2 Å². The van der Waals surface area contributed by atoms with Gasteiger partial charge < -0.3 is 15.7 Å². The molecule has 2 unspecified atom stereocenters. The number of carbonyl (C=O) groups is 1. The Bertz CT molecular complexity index is 436.